The van der Waals surface area contributed by atoms with E-state index in [9.17, 15) is 0 Å². The minimum Gasteiger partial charge on any atom is -0.495 e. The van der Waals surface area contributed by atoms with Gasteiger partial charge in [-0.05, 0) is 22.9 Å². The van der Waals surface area contributed by atoms with Crippen LogP contribution in [-0.2, 0) is 0 Å². The van der Waals surface area contributed by atoms with Crippen molar-refractivity contribution in [3.63, 3.8) is 0 Å². The molecule has 0 saturated heterocycles. The van der Waals surface area contributed by atoms with Gasteiger partial charge in [-0.1, -0.05) is 49.1 Å². The molecule has 0 saturated carbocycles. The highest BCUT2D eigenvalue weighted by atomic mass is 31.0. The number of rotatable bonds is 2. The Kier molecular flexibility index (Phi) is 3.84. The SMILES string of the molecule is C=C/C=c1\c(=C/C)c(OC)c(P)c2ccccc12. The fourth-order valence-corrected chi connectivity index (χ4v) is 2.82. The molecular weight excluding hydrogens is 239 g/mol. The zero-order valence-corrected chi connectivity index (χ0v) is 11.9. The van der Waals surface area contributed by atoms with Crippen molar-refractivity contribution in [2.24, 2.45) is 0 Å². The molecule has 0 bridgehead atoms. The molecule has 1 nitrogen and oxygen atoms in total. The Morgan fingerprint density at radius 3 is 2.39 bits per heavy atom. The molecule has 0 aliphatic heterocycles. The van der Waals surface area contributed by atoms with Gasteiger partial charge in [0.2, 0.25) is 0 Å². The molecule has 1 atom stereocenters. The quantitative estimate of drug-likeness (QED) is 0.748. The second-order valence-electron chi connectivity index (χ2n) is 4.01. The molecule has 0 aliphatic rings. The van der Waals surface area contributed by atoms with Gasteiger partial charge in [0.15, 0.2) is 0 Å². The Labute approximate surface area is 110 Å². The van der Waals surface area contributed by atoms with E-state index in [1.165, 1.54) is 10.8 Å². The molecule has 0 aromatic heterocycles. The van der Waals surface area contributed by atoms with Crippen LogP contribution in [0.2, 0.25) is 0 Å². The zero-order chi connectivity index (χ0) is 13.1. The summed E-state index contributed by atoms with van der Waals surface area (Å²) in [5, 5.41) is 5.78. The van der Waals surface area contributed by atoms with Gasteiger partial charge in [-0.2, -0.15) is 0 Å². The van der Waals surface area contributed by atoms with Crippen LogP contribution in [0.15, 0.2) is 36.9 Å². The smallest absolute Gasteiger partial charge is 0.134 e. The van der Waals surface area contributed by atoms with Gasteiger partial charge in [0.05, 0.1) is 7.11 Å². The highest BCUT2D eigenvalue weighted by molar-refractivity contribution is 7.28. The number of benzene rings is 2. The van der Waals surface area contributed by atoms with Crippen LogP contribution in [0, 0.1) is 0 Å². The van der Waals surface area contributed by atoms with Crippen molar-refractivity contribution in [2.45, 2.75) is 6.92 Å². The Morgan fingerprint density at radius 2 is 1.83 bits per heavy atom. The molecule has 0 radical (unpaired) electrons. The van der Waals surface area contributed by atoms with Crippen molar-refractivity contribution in [1.82, 2.24) is 0 Å². The lowest BCUT2D eigenvalue weighted by molar-refractivity contribution is 0.415. The van der Waals surface area contributed by atoms with Gasteiger partial charge in [-0.3, -0.25) is 0 Å². The Balaban J connectivity index is 3.18. The largest absolute Gasteiger partial charge is 0.495 e. The first-order valence-electron chi connectivity index (χ1n) is 5.87. The molecular formula is C16H17OP. The number of fused-ring (bicyclic) bond motifs is 1. The van der Waals surface area contributed by atoms with Crippen molar-refractivity contribution in [1.29, 1.82) is 0 Å². The average Bonchev–Trinajstić information content (AvgIpc) is 2.41. The average molecular weight is 256 g/mol. The summed E-state index contributed by atoms with van der Waals surface area (Å²) in [6, 6.07) is 8.34. The topological polar surface area (TPSA) is 9.23 Å². The maximum atomic E-state index is 5.56. The Hall–Kier alpha value is -1.59. The third-order valence-corrected chi connectivity index (χ3v) is 3.64. The predicted octanol–water partition coefficient (Wildman–Crippen LogP) is 2.12. The molecule has 0 N–H and O–H groups in total. The summed E-state index contributed by atoms with van der Waals surface area (Å²) in [6.45, 7) is 5.83. The van der Waals surface area contributed by atoms with E-state index in [4.69, 9.17) is 4.74 Å². The monoisotopic (exact) mass is 256 g/mol. The number of hydrogen-bond acceptors (Lipinski definition) is 1. The lowest BCUT2D eigenvalue weighted by atomic mass is 10.0. The predicted molar refractivity (Wildman–Crippen MR) is 83.9 cm³/mol. The normalized spacial score (nSPS) is 13.1. The van der Waals surface area contributed by atoms with Crippen LogP contribution in [0.5, 0.6) is 5.75 Å². The molecule has 2 heteroatoms. The number of ether oxygens (including phenoxy) is 1. The summed E-state index contributed by atoms with van der Waals surface area (Å²) >= 11 is 0. The molecule has 92 valence electrons. The lowest BCUT2D eigenvalue weighted by Crippen LogP contribution is -2.31. The van der Waals surface area contributed by atoms with Gasteiger partial charge < -0.3 is 4.74 Å². The van der Waals surface area contributed by atoms with E-state index in [0.29, 0.717) is 0 Å². The van der Waals surface area contributed by atoms with E-state index in [1.807, 2.05) is 25.1 Å². The van der Waals surface area contributed by atoms with Crippen molar-refractivity contribution >= 4 is 37.5 Å². The second kappa shape index (κ2) is 5.37. The number of allylic oxidation sites excluding steroid dienone is 1. The van der Waals surface area contributed by atoms with E-state index in [-0.39, 0.29) is 0 Å². The van der Waals surface area contributed by atoms with Crippen molar-refractivity contribution in [3.05, 3.63) is 47.4 Å². The van der Waals surface area contributed by atoms with E-state index in [1.54, 1.807) is 7.11 Å². The van der Waals surface area contributed by atoms with Crippen LogP contribution in [0.1, 0.15) is 6.92 Å². The minimum atomic E-state index is 0.911. The van der Waals surface area contributed by atoms with Crippen LogP contribution in [0.3, 0.4) is 0 Å². The third kappa shape index (κ3) is 1.95. The molecule has 0 amide bonds. The second-order valence-corrected chi connectivity index (χ2v) is 4.59. The maximum Gasteiger partial charge on any atom is 0.134 e. The maximum absolute atomic E-state index is 5.56. The van der Waals surface area contributed by atoms with Gasteiger partial charge >= 0.3 is 0 Å². The summed E-state index contributed by atoms with van der Waals surface area (Å²) in [4.78, 5) is 0. The summed E-state index contributed by atoms with van der Waals surface area (Å²) in [5.41, 5.74) is 0. The highest BCUT2D eigenvalue weighted by Crippen LogP contribution is 2.14. The van der Waals surface area contributed by atoms with E-state index >= 15 is 0 Å². The summed E-state index contributed by atoms with van der Waals surface area (Å²) in [6.07, 6.45) is 5.93. The van der Waals surface area contributed by atoms with Crippen LogP contribution >= 0.6 is 9.24 Å². The van der Waals surface area contributed by atoms with Crippen molar-refractivity contribution < 1.29 is 4.74 Å². The van der Waals surface area contributed by atoms with Crippen LogP contribution in [0.4, 0.5) is 0 Å². The van der Waals surface area contributed by atoms with Gasteiger partial charge in [0.25, 0.3) is 0 Å². The van der Waals surface area contributed by atoms with Crippen molar-refractivity contribution in [3.8, 4) is 5.75 Å². The first-order valence-corrected chi connectivity index (χ1v) is 6.45. The van der Waals surface area contributed by atoms with Gasteiger partial charge in [-0.25, -0.2) is 0 Å². The minimum absolute atomic E-state index is 0.911. The summed E-state index contributed by atoms with van der Waals surface area (Å²) < 4.78 is 5.56. The fraction of sp³-hybridized carbons (Fsp3) is 0.125. The van der Waals surface area contributed by atoms with Crippen molar-refractivity contribution in [2.75, 3.05) is 7.11 Å². The van der Waals surface area contributed by atoms with E-state index in [0.717, 1.165) is 21.5 Å². The molecule has 0 spiro atoms. The lowest BCUT2D eigenvalue weighted by Gasteiger charge is -2.11. The first-order chi connectivity index (χ1) is 8.74. The molecule has 18 heavy (non-hydrogen) atoms. The van der Waals surface area contributed by atoms with E-state index in [2.05, 4.69) is 40.1 Å². The first kappa shape index (κ1) is 12.9. The molecule has 1 unspecified atom stereocenters. The number of methoxy groups -OCH3 is 1. The van der Waals surface area contributed by atoms with Crippen LogP contribution in [0.25, 0.3) is 22.9 Å². The summed E-state index contributed by atoms with van der Waals surface area (Å²) in [7, 11) is 4.49. The van der Waals surface area contributed by atoms with Crippen LogP contribution in [-0.4, -0.2) is 7.11 Å². The summed E-state index contributed by atoms with van der Waals surface area (Å²) in [5.74, 6) is 0.911. The molecule has 2 aromatic rings. The Bertz CT molecular complexity index is 714. The molecule has 0 heterocycles. The van der Waals surface area contributed by atoms with Gasteiger partial charge in [0, 0.05) is 10.5 Å². The molecule has 0 aliphatic carbocycles. The molecule has 0 fully saturated rings. The van der Waals surface area contributed by atoms with E-state index < -0.39 is 0 Å². The number of hydrogen-bond donors (Lipinski definition) is 0. The van der Waals surface area contributed by atoms with Crippen LogP contribution < -0.4 is 20.5 Å². The zero-order valence-electron chi connectivity index (χ0n) is 10.7. The molecule has 2 rings (SSSR count). The highest BCUT2D eigenvalue weighted by Gasteiger charge is 2.08. The Morgan fingerprint density at radius 1 is 1.17 bits per heavy atom. The standard InChI is InChI=1S/C16H17OP/c1-4-8-12-11(5-2)15(17-3)16(18)14-10-7-6-9-13(12)14/h4-10H,1,18H2,2-3H3/b11-5+,12-8+. The third-order valence-electron chi connectivity index (χ3n) is 3.06. The molecule has 2 aromatic carbocycles. The van der Waals surface area contributed by atoms with Gasteiger partial charge in [0.1, 0.15) is 5.75 Å². The van der Waals surface area contributed by atoms with Gasteiger partial charge in [-0.15, -0.1) is 9.24 Å². The fourth-order valence-electron chi connectivity index (χ4n) is 2.29.